The molecule has 0 aliphatic carbocycles. The molecule has 1 aromatic rings. The minimum atomic E-state index is -0.268. The standard InChI is InChI=1S/C11H17BrN2O/c1-11(2,3)10(14)8-6(12)4-5-7(13)9(8)15/h4-5,10,15H,13-14H2,1-3H3/t10-/m1/s1. The lowest BCUT2D eigenvalue weighted by atomic mass is 9.82. The first-order valence-electron chi connectivity index (χ1n) is 4.77. The first-order chi connectivity index (χ1) is 6.75. The summed E-state index contributed by atoms with van der Waals surface area (Å²) < 4.78 is 0.789. The van der Waals surface area contributed by atoms with Crippen molar-refractivity contribution in [2.45, 2.75) is 26.8 Å². The van der Waals surface area contributed by atoms with Crippen molar-refractivity contribution in [1.29, 1.82) is 0 Å². The van der Waals surface area contributed by atoms with Crippen molar-refractivity contribution in [3.8, 4) is 5.75 Å². The first kappa shape index (κ1) is 12.3. The van der Waals surface area contributed by atoms with Gasteiger partial charge in [-0.15, -0.1) is 0 Å². The van der Waals surface area contributed by atoms with E-state index in [1.807, 2.05) is 20.8 Å². The van der Waals surface area contributed by atoms with Gasteiger partial charge in [-0.3, -0.25) is 0 Å². The third kappa shape index (κ3) is 2.44. The Morgan fingerprint density at radius 2 is 1.87 bits per heavy atom. The number of benzene rings is 1. The van der Waals surface area contributed by atoms with E-state index in [-0.39, 0.29) is 17.2 Å². The second-order valence-electron chi connectivity index (χ2n) is 4.74. The van der Waals surface area contributed by atoms with Crippen LogP contribution in [0.5, 0.6) is 5.75 Å². The van der Waals surface area contributed by atoms with Crippen molar-refractivity contribution in [2.75, 3.05) is 5.73 Å². The van der Waals surface area contributed by atoms with Crippen molar-refractivity contribution in [3.63, 3.8) is 0 Å². The summed E-state index contributed by atoms with van der Waals surface area (Å²) in [4.78, 5) is 0. The van der Waals surface area contributed by atoms with Crippen LogP contribution in [-0.4, -0.2) is 5.11 Å². The molecule has 0 bridgehead atoms. The monoisotopic (exact) mass is 272 g/mol. The fraction of sp³-hybridized carbons (Fsp3) is 0.455. The van der Waals surface area contributed by atoms with Crippen LogP contribution in [0.4, 0.5) is 5.69 Å². The van der Waals surface area contributed by atoms with Crippen molar-refractivity contribution >= 4 is 21.6 Å². The molecule has 0 fully saturated rings. The van der Waals surface area contributed by atoms with Crippen LogP contribution >= 0.6 is 15.9 Å². The van der Waals surface area contributed by atoms with Crippen molar-refractivity contribution < 1.29 is 5.11 Å². The highest BCUT2D eigenvalue weighted by Gasteiger charge is 2.27. The summed E-state index contributed by atoms with van der Waals surface area (Å²) in [5.41, 5.74) is 12.6. The molecule has 5 N–H and O–H groups in total. The summed E-state index contributed by atoms with van der Waals surface area (Å²) in [5, 5.41) is 9.88. The third-order valence-corrected chi connectivity index (χ3v) is 3.13. The number of halogens is 1. The summed E-state index contributed by atoms with van der Waals surface area (Å²) in [6, 6.07) is 3.18. The van der Waals surface area contributed by atoms with Gasteiger partial charge in [-0.05, 0) is 17.5 Å². The number of aromatic hydroxyl groups is 1. The molecule has 1 aromatic carbocycles. The molecule has 0 unspecified atom stereocenters. The Bertz CT molecular complexity index is 372. The van der Waals surface area contributed by atoms with Crippen LogP contribution in [0.15, 0.2) is 16.6 Å². The predicted octanol–water partition coefficient (Wildman–Crippen LogP) is 2.78. The Hall–Kier alpha value is -0.740. The van der Waals surface area contributed by atoms with Gasteiger partial charge in [0.1, 0.15) is 5.75 Å². The molecule has 1 atom stereocenters. The van der Waals surface area contributed by atoms with Gasteiger partial charge in [0.05, 0.1) is 5.69 Å². The van der Waals surface area contributed by atoms with E-state index in [2.05, 4.69) is 15.9 Å². The quantitative estimate of drug-likeness (QED) is 0.544. The van der Waals surface area contributed by atoms with Crippen molar-refractivity contribution in [3.05, 3.63) is 22.2 Å². The van der Waals surface area contributed by atoms with E-state index in [4.69, 9.17) is 11.5 Å². The zero-order valence-corrected chi connectivity index (χ0v) is 10.8. The predicted molar refractivity (Wildman–Crippen MR) is 66.6 cm³/mol. The second-order valence-corrected chi connectivity index (χ2v) is 5.60. The maximum atomic E-state index is 9.88. The minimum Gasteiger partial charge on any atom is -0.505 e. The molecule has 0 saturated carbocycles. The lowest BCUT2D eigenvalue weighted by Gasteiger charge is -2.29. The van der Waals surface area contributed by atoms with Crippen LogP contribution in [0.1, 0.15) is 32.4 Å². The van der Waals surface area contributed by atoms with E-state index < -0.39 is 0 Å². The Morgan fingerprint density at radius 1 is 1.33 bits per heavy atom. The average molecular weight is 273 g/mol. The normalized spacial score (nSPS) is 13.9. The lowest BCUT2D eigenvalue weighted by molar-refractivity contribution is 0.317. The highest BCUT2D eigenvalue weighted by atomic mass is 79.9. The summed E-state index contributed by atoms with van der Waals surface area (Å²) in [7, 11) is 0. The molecule has 0 aliphatic heterocycles. The fourth-order valence-corrected chi connectivity index (χ4v) is 1.90. The van der Waals surface area contributed by atoms with E-state index >= 15 is 0 Å². The highest BCUT2D eigenvalue weighted by Crippen LogP contribution is 2.41. The van der Waals surface area contributed by atoms with Crippen LogP contribution in [0.25, 0.3) is 0 Å². The largest absolute Gasteiger partial charge is 0.505 e. The van der Waals surface area contributed by atoms with Gasteiger partial charge in [-0.1, -0.05) is 36.7 Å². The SMILES string of the molecule is CC(C)(C)[C@H](N)c1c(Br)ccc(N)c1O. The molecular weight excluding hydrogens is 256 g/mol. The number of anilines is 1. The van der Waals surface area contributed by atoms with Gasteiger partial charge in [0.25, 0.3) is 0 Å². The number of hydrogen-bond acceptors (Lipinski definition) is 3. The van der Waals surface area contributed by atoms with Gasteiger partial charge >= 0.3 is 0 Å². The Balaban J connectivity index is 3.31. The molecule has 0 aliphatic rings. The van der Waals surface area contributed by atoms with Gasteiger partial charge < -0.3 is 16.6 Å². The van der Waals surface area contributed by atoms with E-state index in [1.165, 1.54) is 0 Å². The molecule has 0 radical (unpaired) electrons. The van der Waals surface area contributed by atoms with Gasteiger partial charge in [-0.25, -0.2) is 0 Å². The molecule has 4 heteroatoms. The molecule has 84 valence electrons. The van der Waals surface area contributed by atoms with E-state index in [0.29, 0.717) is 11.3 Å². The first-order valence-corrected chi connectivity index (χ1v) is 5.57. The van der Waals surface area contributed by atoms with Crippen LogP contribution < -0.4 is 11.5 Å². The molecule has 3 nitrogen and oxygen atoms in total. The maximum Gasteiger partial charge on any atom is 0.144 e. The second kappa shape index (κ2) is 4.02. The topological polar surface area (TPSA) is 72.3 Å². The van der Waals surface area contributed by atoms with E-state index in [1.54, 1.807) is 12.1 Å². The zero-order chi connectivity index (χ0) is 11.8. The van der Waals surface area contributed by atoms with Gasteiger partial charge in [0.15, 0.2) is 0 Å². The maximum absolute atomic E-state index is 9.88. The summed E-state index contributed by atoms with van der Waals surface area (Å²) >= 11 is 3.38. The van der Waals surface area contributed by atoms with Gasteiger partial charge in [0.2, 0.25) is 0 Å². The molecule has 15 heavy (non-hydrogen) atoms. The molecule has 0 heterocycles. The Labute approximate surface area is 98.6 Å². The molecule has 0 spiro atoms. The van der Waals surface area contributed by atoms with Crippen LogP contribution in [0, 0.1) is 5.41 Å². The lowest BCUT2D eigenvalue weighted by Crippen LogP contribution is -2.26. The molecular formula is C11H17BrN2O. The molecule has 0 aromatic heterocycles. The smallest absolute Gasteiger partial charge is 0.144 e. The Kier molecular flexibility index (Phi) is 3.31. The van der Waals surface area contributed by atoms with E-state index in [9.17, 15) is 5.11 Å². The third-order valence-electron chi connectivity index (χ3n) is 2.44. The molecule has 1 rings (SSSR count). The molecule has 0 saturated heterocycles. The van der Waals surface area contributed by atoms with Gasteiger partial charge in [0, 0.05) is 16.1 Å². The van der Waals surface area contributed by atoms with Crippen molar-refractivity contribution in [1.82, 2.24) is 0 Å². The van der Waals surface area contributed by atoms with Crippen LogP contribution in [0.3, 0.4) is 0 Å². The summed E-state index contributed by atoms with van der Waals surface area (Å²) in [5.74, 6) is 0.0757. The van der Waals surface area contributed by atoms with Crippen molar-refractivity contribution in [2.24, 2.45) is 11.1 Å². The number of nitrogen functional groups attached to an aromatic ring is 1. The van der Waals surface area contributed by atoms with Crippen LogP contribution in [0.2, 0.25) is 0 Å². The number of phenolic OH excluding ortho intramolecular Hbond substituents is 1. The van der Waals surface area contributed by atoms with E-state index in [0.717, 1.165) is 4.47 Å². The summed E-state index contributed by atoms with van der Waals surface area (Å²) in [6.45, 7) is 6.06. The van der Waals surface area contributed by atoms with Crippen LogP contribution in [-0.2, 0) is 0 Å². The number of phenols is 1. The number of hydrogen-bond donors (Lipinski definition) is 3. The Morgan fingerprint density at radius 3 is 2.33 bits per heavy atom. The minimum absolute atomic E-state index is 0.0757. The molecule has 0 amide bonds. The summed E-state index contributed by atoms with van der Waals surface area (Å²) in [6.07, 6.45) is 0. The zero-order valence-electron chi connectivity index (χ0n) is 9.21. The number of rotatable bonds is 1. The fourth-order valence-electron chi connectivity index (χ4n) is 1.33. The van der Waals surface area contributed by atoms with Gasteiger partial charge in [-0.2, -0.15) is 0 Å². The average Bonchev–Trinajstić information content (AvgIpc) is 2.10. The number of nitrogens with two attached hydrogens (primary N) is 2. The highest BCUT2D eigenvalue weighted by molar-refractivity contribution is 9.10.